The number of anilines is 2. The van der Waals surface area contributed by atoms with Gasteiger partial charge in [0, 0.05) is 67.4 Å². The first-order valence-electron chi connectivity index (χ1n) is 17.2. The molecule has 264 valence electrons. The van der Waals surface area contributed by atoms with E-state index in [2.05, 4.69) is 38.5 Å². The van der Waals surface area contributed by atoms with Crippen LogP contribution in [0.15, 0.2) is 54.9 Å². The van der Waals surface area contributed by atoms with Gasteiger partial charge in [0.2, 0.25) is 11.8 Å². The van der Waals surface area contributed by atoms with Crippen molar-refractivity contribution in [3.05, 3.63) is 66.0 Å². The maximum absolute atomic E-state index is 13.9. The zero-order valence-electron chi connectivity index (χ0n) is 28.0. The van der Waals surface area contributed by atoms with Crippen LogP contribution in [0.5, 0.6) is 0 Å². The molecule has 0 bridgehead atoms. The van der Waals surface area contributed by atoms with E-state index < -0.39 is 23.6 Å². The van der Waals surface area contributed by atoms with Gasteiger partial charge in [-0.3, -0.25) is 19.2 Å². The minimum absolute atomic E-state index is 0.0240. The van der Waals surface area contributed by atoms with Crippen molar-refractivity contribution < 1.29 is 22.8 Å². The predicted octanol–water partition coefficient (Wildman–Crippen LogP) is 4.11. The summed E-state index contributed by atoms with van der Waals surface area (Å²) in [6.07, 6.45) is 1.63. The second-order valence-electron chi connectivity index (χ2n) is 14.0. The summed E-state index contributed by atoms with van der Waals surface area (Å²) in [5, 5.41) is 15.6. The summed E-state index contributed by atoms with van der Waals surface area (Å²) in [4.78, 5) is 37.2. The van der Waals surface area contributed by atoms with Gasteiger partial charge in [0.15, 0.2) is 5.82 Å². The summed E-state index contributed by atoms with van der Waals surface area (Å²) in [5.74, 6) is 0.111. The van der Waals surface area contributed by atoms with Crippen molar-refractivity contribution in [1.82, 2.24) is 29.9 Å². The number of aromatic nitrogens is 3. The molecule has 3 fully saturated rings. The summed E-state index contributed by atoms with van der Waals surface area (Å²) in [7, 11) is 1.84. The first kappa shape index (κ1) is 33.9. The Bertz CT molecular complexity index is 1820. The van der Waals surface area contributed by atoms with Gasteiger partial charge < -0.3 is 26.3 Å². The molecular weight excluding hydrogens is 647 g/mol. The number of alkyl halides is 3. The Balaban J connectivity index is 0.947. The zero-order valence-corrected chi connectivity index (χ0v) is 28.0. The molecule has 50 heavy (non-hydrogen) atoms. The number of nitrogen functional groups attached to an aromatic ring is 1. The topological polar surface area (TPSA) is 136 Å². The van der Waals surface area contributed by atoms with Crippen LogP contribution in [0.25, 0.3) is 17.0 Å². The maximum Gasteiger partial charge on any atom is 0.403 e. The van der Waals surface area contributed by atoms with Crippen LogP contribution in [-0.4, -0.2) is 100 Å². The van der Waals surface area contributed by atoms with Gasteiger partial charge in [-0.05, 0) is 74.5 Å². The number of halogens is 3. The molecule has 3 aromatic rings. The molecule has 2 aromatic carbocycles. The lowest BCUT2D eigenvalue weighted by molar-refractivity contribution is -0.161. The van der Waals surface area contributed by atoms with Crippen molar-refractivity contribution in [3.8, 4) is 11.4 Å². The van der Waals surface area contributed by atoms with Crippen molar-refractivity contribution in [1.29, 1.82) is 5.41 Å². The molecule has 0 radical (unpaired) electrons. The highest BCUT2D eigenvalue weighted by molar-refractivity contribution is 6.07. The van der Waals surface area contributed by atoms with Crippen LogP contribution in [-0.2, 0) is 16.6 Å². The van der Waals surface area contributed by atoms with E-state index in [4.69, 9.17) is 11.1 Å². The highest BCUT2D eigenvalue weighted by Gasteiger charge is 2.51. The van der Waals surface area contributed by atoms with Crippen LogP contribution < -0.4 is 16.0 Å². The molecule has 7 rings (SSSR count). The fourth-order valence-electron chi connectivity index (χ4n) is 7.89. The number of amides is 2. The fourth-order valence-corrected chi connectivity index (χ4v) is 7.89. The number of rotatable bonds is 7. The Labute approximate surface area is 288 Å². The molecule has 3 atom stereocenters. The number of nitrogens with one attached hydrogen (secondary N) is 2. The Kier molecular flexibility index (Phi) is 9.01. The minimum Gasteiger partial charge on any atom is -0.398 e. The van der Waals surface area contributed by atoms with E-state index in [1.165, 1.54) is 5.57 Å². The standard InChI is InChI=1S/C36H42F3N9O2/c1-45-22-43-33(44-45)25-4-2-23(3-5-25)24-9-14-47(15-10-24)31(49)20-46-16-11-35(21-46)12-17-48(34(35)50)27-6-7-29(40)28(19-27)32(41)26-8-13-42-30(18-26)36(37,38)39/h2-7,9,19,22,26,30,41-42H,8,10-18,20-21,40H2,1H3/t26?,30?,35-/m0/s1. The van der Waals surface area contributed by atoms with Gasteiger partial charge >= 0.3 is 6.18 Å². The third-order valence-corrected chi connectivity index (χ3v) is 10.8. The van der Waals surface area contributed by atoms with Crippen LogP contribution in [0.2, 0.25) is 0 Å². The molecule has 2 amide bonds. The van der Waals surface area contributed by atoms with E-state index >= 15 is 0 Å². The number of carbonyl (C=O) groups is 2. The molecule has 11 nitrogen and oxygen atoms in total. The molecule has 1 aromatic heterocycles. The first-order chi connectivity index (χ1) is 23.9. The smallest absolute Gasteiger partial charge is 0.398 e. The van der Waals surface area contributed by atoms with Gasteiger partial charge in [0.1, 0.15) is 12.4 Å². The summed E-state index contributed by atoms with van der Waals surface area (Å²) < 4.78 is 41.9. The van der Waals surface area contributed by atoms with Crippen LogP contribution in [0.4, 0.5) is 24.5 Å². The normalized spacial score (nSPS) is 24.6. The average Bonchev–Trinajstić information content (AvgIpc) is 3.83. The van der Waals surface area contributed by atoms with Crippen molar-refractivity contribution in [2.45, 2.75) is 44.3 Å². The molecule has 4 aliphatic rings. The van der Waals surface area contributed by atoms with E-state index in [9.17, 15) is 22.8 Å². The average molecular weight is 690 g/mol. The lowest BCUT2D eigenvalue weighted by Crippen LogP contribution is -2.49. The minimum atomic E-state index is -4.38. The zero-order chi connectivity index (χ0) is 35.2. The summed E-state index contributed by atoms with van der Waals surface area (Å²) in [6, 6.07) is 11.6. The van der Waals surface area contributed by atoms with Crippen molar-refractivity contribution in [3.63, 3.8) is 0 Å². The van der Waals surface area contributed by atoms with Crippen LogP contribution >= 0.6 is 0 Å². The molecule has 3 saturated heterocycles. The van der Waals surface area contributed by atoms with E-state index in [0.717, 1.165) is 17.5 Å². The Morgan fingerprint density at radius 2 is 1.86 bits per heavy atom. The number of hydrogen-bond donors (Lipinski definition) is 3. The van der Waals surface area contributed by atoms with Crippen molar-refractivity contribution in [2.75, 3.05) is 56.4 Å². The van der Waals surface area contributed by atoms with Crippen LogP contribution in [0.1, 0.15) is 43.2 Å². The Hall–Kier alpha value is -4.56. The summed E-state index contributed by atoms with van der Waals surface area (Å²) in [6.45, 7) is 3.20. The second kappa shape index (κ2) is 13.3. The summed E-state index contributed by atoms with van der Waals surface area (Å²) >= 11 is 0. The molecule has 1 spiro atoms. The Morgan fingerprint density at radius 3 is 2.56 bits per heavy atom. The number of likely N-dealkylation sites (tertiary alicyclic amines) is 1. The van der Waals surface area contributed by atoms with Crippen molar-refractivity contribution >= 4 is 34.5 Å². The van der Waals surface area contributed by atoms with Gasteiger partial charge in [0.25, 0.3) is 0 Å². The largest absolute Gasteiger partial charge is 0.403 e. The highest BCUT2D eigenvalue weighted by atomic mass is 19.4. The molecule has 0 aliphatic carbocycles. The predicted molar refractivity (Wildman–Crippen MR) is 184 cm³/mol. The molecule has 0 saturated carbocycles. The second-order valence-corrected chi connectivity index (χ2v) is 14.0. The van der Waals surface area contributed by atoms with Gasteiger partial charge in [-0.2, -0.15) is 18.3 Å². The van der Waals surface area contributed by atoms with E-state index in [-0.39, 0.29) is 37.0 Å². The number of nitrogens with zero attached hydrogens (tertiary/aromatic N) is 6. The summed E-state index contributed by atoms with van der Waals surface area (Å²) in [5.41, 5.74) is 10.2. The van der Waals surface area contributed by atoms with Gasteiger partial charge in [-0.1, -0.05) is 30.3 Å². The van der Waals surface area contributed by atoms with Crippen molar-refractivity contribution in [2.24, 2.45) is 18.4 Å². The monoisotopic (exact) mass is 689 g/mol. The van der Waals surface area contributed by atoms with Gasteiger partial charge in [-0.15, -0.1) is 0 Å². The van der Waals surface area contributed by atoms with E-state index in [1.54, 1.807) is 34.1 Å². The molecule has 4 aliphatic heterocycles. The molecule has 14 heteroatoms. The van der Waals surface area contributed by atoms with Gasteiger partial charge in [-0.25, -0.2) is 4.98 Å². The molecule has 4 N–H and O–H groups in total. The highest BCUT2D eigenvalue weighted by Crippen LogP contribution is 2.43. The molecular formula is C36H42F3N9O2. The lowest BCUT2D eigenvalue weighted by atomic mass is 9.84. The van der Waals surface area contributed by atoms with E-state index in [0.29, 0.717) is 74.7 Å². The number of hydrogen-bond acceptors (Lipinski definition) is 8. The maximum atomic E-state index is 13.9. The quantitative estimate of drug-likeness (QED) is 0.251. The third-order valence-electron chi connectivity index (χ3n) is 10.8. The van der Waals surface area contributed by atoms with E-state index in [1.807, 2.05) is 24.1 Å². The lowest BCUT2D eigenvalue weighted by Gasteiger charge is -2.32. The third kappa shape index (κ3) is 6.65. The van der Waals surface area contributed by atoms with Gasteiger partial charge in [0.05, 0.1) is 12.0 Å². The molecule has 5 heterocycles. The first-order valence-corrected chi connectivity index (χ1v) is 17.2. The number of aryl methyl sites for hydroxylation is 1. The Morgan fingerprint density at radius 1 is 1.10 bits per heavy atom. The number of carbonyl (C=O) groups excluding carboxylic acids is 2. The van der Waals surface area contributed by atoms with Crippen LogP contribution in [0, 0.1) is 16.7 Å². The van der Waals surface area contributed by atoms with Crippen LogP contribution in [0.3, 0.4) is 0 Å². The number of piperidine rings is 1. The number of benzene rings is 2. The molecule has 2 unspecified atom stereocenters. The SMILES string of the molecule is Cn1cnc(-c2ccc(C3=CCN(C(=O)CN4CC[C@]5(CCN(c6ccc(N)c(C(=N)C7CCNC(C(F)(F)F)C7)c6)C5=O)C4)CC3)cc2)n1. The fraction of sp³-hybridized carbons (Fsp3) is 0.472. The number of nitrogens with two attached hydrogens (primary N) is 1.